The molecule has 118 valence electrons. The number of nitrogen functional groups attached to an aromatic ring is 1. The summed E-state index contributed by atoms with van der Waals surface area (Å²) in [5, 5.41) is 3.28. The molecule has 1 atom stereocenters. The third-order valence-electron chi connectivity index (χ3n) is 3.45. The van der Waals surface area contributed by atoms with Crippen LogP contribution in [0.2, 0.25) is 5.02 Å². The van der Waals surface area contributed by atoms with Crippen molar-refractivity contribution in [3.63, 3.8) is 0 Å². The van der Waals surface area contributed by atoms with Gasteiger partial charge in [0.25, 0.3) is 0 Å². The summed E-state index contributed by atoms with van der Waals surface area (Å²) in [7, 11) is 2.05. The molecule has 3 N–H and O–H groups in total. The Hall–Kier alpha value is -0.910. The van der Waals surface area contributed by atoms with Crippen LogP contribution < -0.4 is 11.1 Å². The summed E-state index contributed by atoms with van der Waals surface area (Å²) < 4.78 is 0. The molecule has 0 saturated heterocycles. The molecular formula is C15H24ClN3OS. The van der Waals surface area contributed by atoms with Gasteiger partial charge in [0.05, 0.1) is 10.7 Å². The van der Waals surface area contributed by atoms with Gasteiger partial charge < -0.3 is 16.0 Å². The molecule has 1 amide bonds. The first kappa shape index (κ1) is 18.1. The van der Waals surface area contributed by atoms with Crippen molar-refractivity contribution >= 4 is 40.6 Å². The van der Waals surface area contributed by atoms with E-state index in [4.69, 9.17) is 17.3 Å². The molecule has 0 saturated carbocycles. The molecule has 1 aromatic rings. The van der Waals surface area contributed by atoms with Crippen LogP contribution in [0.3, 0.4) is 0 Å². The average Bonchev–Trinajstić information content (AvgIpc) is 2.45. The van der Waals surface area contributed by atoms with Crippen molar-refractivity contribution in [2.45, 2.75) is 25.8 Å². The molecule has 0 aliphatic heterocycles. The van der Waals surface area contributed by atoms with E-state index in [9.17, 15) is 4.79 Å². The van der Waals surface area contributed by atoms with Crippen LogP contribution in [-0.2, 0) is 4.79 Å². The fourth-order valence-corrected chi connectivity index (χ4v) is 2.67. The van der Waals surface area contributed by atoms with Crippen molar-refractivity contribution in [3.8, 4) is 0 Å². The third-order valence-corrected chi connectivity index (χ3v) is 4.41. The summed E-state index contributed by atoms with van der Waals surface area (Å²) in [4.78, 5) is 14.2. The fourth-order valence-electron chi connectivity index (χ4n) is 1.85. The topological polar surface area (TPSA) is 58.4 Å². The molecule has 21 heavy (non-hydrogen) atoms. The van der Waals surface area contributed by atoms with Crippen LogP contribution >= 0.6 is 23.4 Å². The fraction of sp³-hybridized carbons (Fsp3) is 0.533. The highest BCUT2D eigenvalue weighted by molar-refractivity contribution is 7.98. The first-order valence-corrected chi connectivity index (χ1v) is 8.75. The maximum Gasteiger partial charge on any atom is 0.225 e. The SMILES string of the molecule is CSCCC(C)N(C)CCC(=O)Nc1ccc(N)cc1Cl. The number of carbonyl (C=O) groups excluding carboxylic acids is 1. The Balaban J connectivity index is 2.40. The number of benzene rings is 1. The van der Waals surface area contributed by atoms with E-state index >= 15 is 0 Å². The first-order valence-electron chi connectivity index (χ1n) is 6.98. The van der Waals surface area contributed by atoms with Crippen LogP contribution in [0.4, 0.5) is 11.4 Å². The van der Waals surface area contributed by atoms with Crippen LogP contribution in [0, 0.1) is 0 Å². The summed E-state index contributed by atoms with van der Waals surface area (Å²) in [6.45, 7) is 2.92. The minimum atomic E-state index is -0.0365. The van der Waals surface area contributed by atoms with E-state index in [1.165, 1.54) is 0 Å². The van der Waals surface area contributed by atoms with Gasteiger partial charge in [-0.15, -0.1) is 0 Å². The third kappa shape index (κ3) is 6.59. The molecule has 4 nitrogen and oxygen atoms in total. The standard InChI is InChI=1S/C15H24ClN3OS/c1-11(7-9-21-3)19(2)8-6-15(20)18-14-5-4-12(17)10-13(14)16/h4-5,10-11H,6-9,17H2,1-3H3,(H,18,20). The molecule has 0 aromatic heterocycles. The zero-order chi connectivity index (χ0) is 15.8. The molecule has 0 heterocycles. The van der Waals surface area contributed by atoms with E-state index in [1.807, 2.05) is 11.8 Å². The summed E-state index contributed by atoms with van der Waals surface area (Å²) in [6.07, 6.45) is 3.68. The smallest absolute Gasteiger partial charge is 0.225 e. The highest BCUT2D eigenvalue weighted by Gasteiger charge is 2.11. The van der Waals surface area contributed by atoms with Gasteiger partial charge in [-0.3, -0.25) is 4.79 Å². The Labute approximate surface area is 136 Å². The lowest BCUT2D eigenvalue weighted by molar-refractivity contribution is -0.116. The van der Waals surface area contributed by atoms with E-state index in [-0.39, 0.29) is 5.91 Å². The summed E-state index contributed by atoms with van der Waals surface area (Å²) in [5.41, 5.74) is 6.81. The van der Waals surface area contributed by atoms with Crippen molar-refractivity contribution in [3.05, 3.63) is 23.2 Å². The second kappa shape index (κ2) is 9.18. The number of rotatable bonds is 8. The molecule has 0 aliphatic carbocycles. The van der Waals surface area contributed by atoms with Gasteiger partial charge in [-0.2, -0.15) is 11.8 Å². The largest absolute Gasteiger partial charge is 0.399 e. The van der Waals surface area contributed by atoms with Crippen molar-refractivity contribution in [1.29, 1.82) is 0 Å². The van der Waals surface area contributed by atoms with Gasteiger partial charge in [0.1, 0.15) is 0 Å². The Morgan fingerprint density at radius 2 is 2.24 bits per heavy atom. The molecule has 1 unspecified atom stereocenters. The minimum Gasteiger partial charge on any atom is -0.399 e. The number of hydrogen-bond acceptors (Lipinski definition) is 4. The van der Waals surface area contributed by atoms with Crippen LogP contribution in [0.5, 0.6) is 0 Å². The maximum absolute atomic E-state index is 12.0. The van der Waals surface area contributed by atoms with Crippen molar-refractivity contribution < 1.29 is 4.79 Å². The second-order valence-electron chi connectivity index (χ2n) is 5.15. The Bertz CT molecular complexity index is 470. The summed E-state index contributed by atoms with van der Waals surface area (Å²) >= 11 is 7.88. The van der Waals surface area contributed by atoms with E-state index in [0.29, 0.717) is 28.9 Å². The van der Waals surface area contributed by atoms with E-state index in [2.05, 4.69) is 30.4 Å². The lowest BCUT2D eigenvalue weighted by Crippen LogP contribution is -2.32. The highest BCUT2D eigenvalue weighted by atomic mass is 35.5. The number of nitrogens with zero attached hydrogens (tertiary/aromatic N) is 1. The zero-order valence-corrected chi connectivity index (χ0v) is 14.4. The predicted octanol–water partition coefficient (Wildman–Crippen LogP) is 3.32. The van der Waals surface area contributed by atoms with Crippen LogP contribution in [0.15, 0.2) is 18.2 Å². The van der Waals surface area contributed by atoms with Crippen LogP contribution in [-0.4, -0.2) is 42.4 Å². The number of nitrogens with two attached hydrogens (primary N) is 1. The van der Waals surface area contributed by atoms with Gasteiger partial charge in [0, 0.05) is 24.7 Å². The molecular weight excluding hydrogens is 306 g/mol. The van der Waals surface area contributed by atoms with Gasteiger partial charge >= 0.3 is 0 Å². The molecule has 1 rings (SSSR count). The number of nitrogens with one attached hydrogen (secondary N) is 1. The minimum absolute atomic E-state index is 0.0365. The second-order valence-corrected chi connectivity index (χ2v) is 6.54. The predicted molar refractivity (Wildman–Crippen MR) is 94.2 cm³/mol. The van der Waals surface area contributed by atoms with Gasteiger partial charge in [-0.05, 0) is 50.6 Å². The van der Waals surface area contributed by atoms with E-state index < -0.39 is 0 Å². The van der Waals surface area contributed by atoms with Crippen LogP contribution in [0.25, 0.3) is 0 Å². The number of anilines is 2. The van der Waals surface area contributed by atoms with E-state index in [0.717, 1.165) is 18.7 Å². The Morgan fingerprint density at radius 3 is 2.86 bits per heavy atom. The monoisotopic (exact) mass is 329 g/mol. The molecule has 6 heteroatoms. The maximum atomic E-state index is 12.0. The highest BCUT2D eigenvalue weighted by Crippen LogP contribution is 2.24. The Morgan fingerprint density at radius 1 is 1.52 bits per heavy atom. The van der Waals surface area contributed by atoms with Gasteiger partial charge in [-0.1, -0.05) is 11.6 Å². The van der Waals surface area contributed by atoms with Crippen molar-refractivity contribution in [2.75, 3.05) is 36.7 Å². The molecule has 0 spiro atoms. The average molecular weight is 330 g/mol. The molecule has 1 aromatic carbocycles. The van der Waals surface area contributed by atoms with Gasteiger partial charge in [0.15, 0.2) is 0 Å². The number of thioether (sulfide) groups is 1. The lowest BCUT2D eigenvalue weighted by atomic mass is 10.2. The number of amides is 1. The molecule has 0 bridgehead atoms. The molecule has 0 fully saturated rings. The number of hydrogen-bond donors (Lipinski definition) is 2. The summed E-state index contributed by atoms with van der Waals surface area (Å²) in [5.74, 6) is 1.10. The summed E-state index contributed by atoms with van der Waals surface area (Å²) in [6, 6.07) is 5.55. The molecule has 0 aliphatic rings. The lowest BCUT2D eigenvalue weighted by Gasteiger charge is -2.24. The van der Waals surface area contributed by atoms with Crippen LogP contribution in [0.1, 0.15) is 19.8 Å². The van der Waals surface area contributed by atoms with Gasteiger partial charge in [0.2, 0.25) is 5.91 Å². The van der Waals surface area contributed by atoms with Gasteiger partial charge in [-0.25, -0.2) is 0 Å². The molecule has 0 radical (unpaired) electrons. The Kier molecular flexibility index (Phi) is 7.93. The van der Waals surface area contributed by atoms with Crippen molar-refractivity contribution in [2.24, 2.45) is 0 Å². The zero-order valence-electron chi connectivity index (χ0n) is 12.9. The van der Waals surface area contributed by atoms with Crippen molar-refractivity contribution in [1.82, 2.24) is 4.90 Å². The number of halogens is 1. The normalized spacial score (nSPS) is 12.4. The first-order chi connectivity index (χ1) is 9.93. The van der Waals surface area contributed by atoms with E-state index in [1.54, 1.807) is 18.2 Å². The quantitative estimate of drug-likeness (QED) is 0.718. The number of carbonyl (C=O) groups is 1.